The van der Waals surface area contributed by atoms with Crippen molar-refractivity contribution in [2.75, 3.05) is 20.1 Å². The van der Waals surface area contributed by atoms with Crippen molar-refractivity contribution in [2.24, 2.45) is 0 Å². The molecule has 1 aromatic carbocycles. The first-order valence-electron chi connectivity index (χ1n) is 6.04. The summed E-state index contributed by atoms with van der Waals surface area (Å²) >= 11 is 9.50. The first kappa shape index (κ1) is 16.8. The molecular formula is C13H17BrCl2N2O. The van der Waals surface area contributed by atoms with E-state index in [2.05, 4.69) is 21.2 Å². The molecule has 1 amide bonds. The summed E-state index contributed by atoms with van der Waals surface area (Å²) in [7, 11) is 1.97. The summed E-state index contributed by atoms with van der Waals surface area (Å²) in [5.41, 5.74) is 0.578. The van der Waals surface area contributed by atoms with Gasteiger partial charge in [0, 0.05) is 23.6 Å². The highest BCUT2D eigenvalue weighted by Gasteiger charge is 2.24. The number of hydrogen-bond acceptors (Lipinski definition) is 2. The first-order valence-corrected chi connectivity index (χ1v) is 7.21. The van der Waals surface area contributed by atoms with Crippen LogP contribution in [0.2, 0.25) is 5.02 Å². The van der Waals surface area contributed by atoms with Crippen LogP contribution in [0, 0.1) is 0 Å². The minimum Gasteiger partial charge on any atom is -0.338 e. The molecule has 1 saturated heterocycles. The third-order valence-electron chi connectivity index (χ3n) is 3.37. The molecule has 0 radical (unpaired) electrons. The number of likely N-dealkylation sites (tertiary alicyclic amines) is 1. The number of rotatable bonds is 2. The van der Waals surface area contributed by atoms with Gasteiger partial charge in [-0.3, -0.25) is 4.79 Å². The molecule has 1 N–H and O–H groups in total. The molecule has 2 rings (SSSR count). The molecule has 1 aromatic rings. The maximum atomic E-state index is 12.4. The lowest BCUT2D eigenvalue weighted by Crippen LogP contribution is -2.44. The predicted octanol–water partition coefficient (Wildman–Crippen LogP) is 3.35. The number of carbonyl (C=O) groups excluding carboxylic acids is 1. The number of carbonyl (C=O) groups is 1. The smallest absolute Gasteiger partial charge is 0.255 e. The van der Waals surface area contributed by atoms with Crippen molar-refractivity contribution in [1.82, 2.24) is 10.2 Å². The Morgan fingerprint density at radius 3 is 2.63 bits per heavy atom. The van der Waals surface area contributed by atoms with E-state index in [9.17, 15) is 4.79 Å². The van der Waals surface area contributed by atoms with E-state index in [-0.39, 0.29) is 18.3 Å². The maximum absolute atomic E-state index is 12.4. The lowest BCUT2D eigenvalue weighted by atomic mass is 10.0. The Hall–Kier alpha value is -0.290. The Kier molecular flexibility index (Phi) is 6.60. The van der Waals surface area contributed by atoms with E-state index in [1.54, 1.807) is 6.07 Å². The van der Waals surface area contributed by atoms with Crippen LogP contribution in [0.25, 0.3) is 0 Å². The van der Waals surface area contributed by atoms with E-state index in [0.29, 0.717) is 16.6 Å². The number of benzene rings is 1. The number of hydrogen-bond donors (Lipinski definition) is 1. The molecule has 0 saturated carbocycles. The summed E-state index contributed by atoms with van der Waals surface area (Å²) in [6.45, 7) is 1.57. The fraction of sp³-hybridized carbons (Fsp3) is 0.462. The summed E-state index contributed by atoms with van der Waals surface area (Å²) in [5.74, 6) is 0.0239. The Labute approximate surface area is 133 Å². The molecule has 0 aliphatic carbocycles. The van der Waals surface area contributed by atoms with Crippen molar-refractivity contribution in [3.63, 3.8) is 0 Å². The average Bonchev–Trinajstić information content (AvgIpc) is 2.41. The van der Waals surface area contributed by atoms with Crippen LogP contribution in [0.4, 0.5) is 0 Å². The second-order valence-electron chi connectivity index (χ2n) is 4.46. The fourth-order valence-corrected chi connectivity index (χ4v) is 2.78. The number of nitrogens with one attached hydrogen (secondary N) is 1. The zero-order valence-electron chi connectivity index (χ0n) is 10.7. The van der Waals surface area contributed by atoms with Gasteiger partial charge in [-0.15, -0.1) is 12.4 Å². The van der Waals surface area contributed by atoms with E-state index in [0.717, 1.165) is 30.4 Å². The topological polar surface area (TPSA) is 32.3 Å². The van der Waals surface area contributed by atoms with Gasteiger partial charge in [0.25, 0.3) is 5.91 Å². The lowest BCUT2D eigenvalue weighted by Gasteiger charge is -2.32. The number of amides is 1. The second kappa shape index (κ2) is 7.48. The van der Waals surface area contributed by atoms with Gasteiger partial charge in [0.2, 0.25) is 0 Å². The van der Waals surface area contributed by atoms with E-state index in [1.165, 1.54) is 0 Å². The first-order chi connectivity index (χ1) is 8.63. The third-order valence-corrected chi connectivity index (χ3v) is 4.67. The molecule has 0 spiro atoms. The van der Waals surface area contributed by atoms with Crippen LogP contribution in [0.5, 0.6) is 0 Å². The van der Waals surface area contributed by atoms with E-state index >= 15 is 0 Å². The van der Waals surface area contributed by atoms with Gasteiger partial charge in [-0.1, -0.05) is 17.7 Å². The van der Waals surface area contributed by atoms with Crippen molar-refractivity contribution in [3.05, 3.63) is 33.3 Å². The van der Waals surface area contributed by atoms with Crippen LogP contribution in [0.3, 0.4) is 0 Å². The average molecular weight is 368 g/mol. The molecule has 1 aliphatic rings. The van der Waals surface area contributed by atoms with Gasteiger partial charge in [0.05, 0.1) is 10.6 Å². The van der Waals surface area contributed by atoms with Gasteiger partial charge >= 0.3 is 0 Å². The molecule has 0 unspecified atom stereocenters. The van der Waals surface area contributed by atoms with Crippen molar-refractivity contribution >= 4 is 45.8 Å². The fourth-order valence-electron chi connectivity index (χ4n) is 2.21. The highest BCUT2D eigenvalue weighted by Crippen LogP contribution is 2.27. The summed E-state index contributed by atoms with van der Waals surface area (Å²) < 4.78 is 0.764. The van der Waals surface area contributed by atoms with Gasteiger partial charge in [-0.25, -0.2) is 0 Å². The Morgan fingerprint density at radius 2 is 2.05 bits per heavy atom. The zero-order chi connectivity index (χ0) is 13.1. The monoisotopic (exact) mass is 366 g/mol. The van der Waals surface area contributed by atoms with Gasteiger partial charge < -0.3 is 10.2 Å². The minimum atomic E-state index is 0. The molecule has 0 aromatic heterocycles. The molecule has 0 atom stereocenters. The molecule has 19 heavy (non-hydrogen) atoms. The SMILES string of the molecule is CNC1CCN(C(=O)c2cccc(Br)c2Cl)CC1.Cl. The molecular weight excluding hydrogens is 351 g/mol. The normalized spacial score (nSPS) is 16.1. The number of piperidine rings is 1. The Morgan fingerprint density at radius 1 is 1.42 bits per heavy atom. The van der Waals surface area contributed by atoms with E-state index in [4.69, 9.17) is 11.6 Å². The van der Waals surface area contributed by atoms with Gasteiger partial charge in [0.1, 0.15) is 0 Å². The molecule has 1 fully saturated rings. The van der Waals surface area contributed by atoms with Crippen LogP contribution in [0.15, 0.2) is 22.7 Å². The molecule has 1 aliphatic heterocycles. The highest BCUT2D eigenvalue weighted by molar-refractivity contribution is 9.10. The predicted molar refractivity (Wildman–Crippen MR) is 84.4 cm³/mol. The minimum absolute atomic E-state index is 0. The summed E-state index contributed by atoms with van der Waals surface area (Å²) in [6.07, 6.45) is 1.99. The molecule has 6 heteroatoms. The van der Waals surface area contributed by atoms with Crippen LogP contribution < -0.4 is 5.32 Å². The van der Waals surface area contributed by atoms with Gasteiger partial charge in [-0.2, -0.15) is 0 Å². The highest BCUT2D eigenvalue weighted by atomic mass is 79.9. The van der Waals surface area contributed by atoms with Gasteiger partial charge in [-0.05, 0) is 48.0 Å². The van der Waals surface area contributed by atoms with Crippen molar-refractivity contribution < 1.29 is 4.79 Å². The number of halogens is 3. The summed E-state index contributed by atoms with van der Waals surface area (Å²) in [6, 6.07) is 5.97. The van der Waals surface area contributed by atoms with Crippen LogP contribution in [-0.4, -0.2) is 37.0 Å². The largest absolute Gasteiger partial charge is 0.338 e. The third kappa shape index (κ3) is 3.85. The Bertz CT molecular complexity index is 448. The molecule has 0 bridgehead atoms. The van der Waals surface area contributed by atoms with Crippen LogP contribution in [0.1, 0.15) is 23.2 Å². The van der Waals surface area contributed by atoms with Crippen molar-refractivity contribution in [3.8, 4) is 0 Å². The molecule has 3 nitrogen and oxygen atoms in total. The molecule has 1 heterocycles. The van der Waals surface area contributed by atoms with E-state index in [1.807, 2.05) is 24.1 Å². The second-order valence-corrected chi connectivity index (χ2v) is 5.69. The zero-order valence-corrected chi connectivity index (χ0v) is 13.8. The lowest BCUT2D eigenvalue weighted by molar-refractivity contribution is 0.0707. The summed E-state index contributed by atoms with van der Waals surface area (Å²) in [5, 5.41) is 3.75. The van der Waals surface area contributed by atoms with Crippen LogP contribution in [-0.2, 0) is 0 Å². The summed E-state index contributed by atoms with van der Waals surface area (Å²) in [4.78, 5) is 14.2. The van der Waals surface area contributed by atoms with Gasteiger partial charge in [0.15, 0.2) is 0 Å². The standard InChI is InChI=1S/C13H16BrClN2O.ClH/c1-16-9-5-7-17(8-6-9)13(18)10-3-2-4-11(14)12(10)15;/h2-4,9,16H,5-8H2,1H3;1H. The molecule has 106 valence electrons. The quantitative estimate of drug-likeness (QED) is 0.869. The van der Waals surface area contributed by atoms with Crippen molar-refractivity contribution in [2.45, 2.75) is 18.9 Å². The maximum Gasteiger partial charge on any atom is 0.255 e. The van der Waals surface area contributed by atoms with Crippen molar-refractivity contribution in [1.29, 1.82) is 0 Å². The van der Waals surface area contributed by atoms with E-state index < -0.39 is 0 Å². The van der Waals surface area contributed by atoms with Crippen LogP contribution >= 0.6 is 39.9 Å². The number of nitrogens with zero attached hydrogens (tertiary/aromatic N) is 1. The Balaban J connectivity index is 0.00000180.